The molecule has 3 aliphatic heterocycles. The van der Waals surface area contributed by atoms with Gasteiger partial charge in [-0.25, -0.2) is 0 Å². The van der Waals surface area contributed by atoms with E-state index >= 15 is 0 Å². The molecule has 1 atom stereocenters. The van der Waals surface area contributed by atoms with Crippen molar-refractivity contribution in [3.05, 3.63) is 29.8 Å². The summed E-state index contributed by atoms with van der Waals surface area (Å²) >= 11 is 0. The Morgan fingerprint density at radius 3 is 2.48 bits per heavy atom. The van der Waals surface area contributed by atoms with Gasteiger partial charge >= 0.3 is 5.97 Å². The number of amides is 2. The molecule has 8 heteroatoms. The van der Waals surface area contributed by atoms with Crippen LogP contribution in [-0.4, -0.2) is 73.2 Å². The van der Waals surface area contributed by atoms with Crippen LogP contribution in [0.25, 0.3) is 0 Å². The van der Waals surface area contributed by atoms with Crippen LogP contribution in [0, 0.1) is 0 Å². The van der Waals surface area contributed by atoms with Crippen molar-refractivity contribution in [1.29, 1.82) is 0 Å². The minimum atomic E-state index is -0.463. The minimum Gasteiger partial charge on any atom is -0.459 e. The van der Waals surface area contributed by atoms with Gasteiger partial charge in [-0.1, -0.05) is 12.1 Å². The average Bonchev–Trinajstić information content (AvgIpc) is 2.75. The second-order valence-electron chi connectivity index (χ2n) is 10.4. The van der Waals surface area contributed by atoms with Crippen LogP contribution in [-0.2, 0) is 23.9 Å². The van der Waals surface area contributed by atoms with Gasteiger partial charge < -0.3 is 14.4 Å². The first-order valence-electron chi connectivity index (χ1n) is 11.9. The number of imide groups is 1. The van der Waals surface area contributed by atoms with E-state index in [0.717, 1.165) is 50.3 Å². The number of anilines is 1. The molecule has 0 bridgehead atoms. The molecule has 0 aliphatic carbocycles. The number of carbonyl (C=O) groups is 3. The Balaban J connectivity index is 1.33. The maximum atomic E-state index is 12.2. The molecule has 0 unspecified atom stereocenters. The molecule has 1 spiro atoms. The number of piperidine rings is 2. The predicted octanol–water partition coefficient (Wildman–Crippen LogP) is 2.22. The molecule has 0 saturated carbocycles. The van der Waals surface area contributed by atoms with Crippen LogP contribution in [0.4, 0.5) is 5.69 Å². The lowest BCUT2D eigenvalue weighted by Crippen LogP contribution is -2.57. The summed E-state index contributed by atoms with van der Waals surface area (Å²) in [4.78, 5) is 40.2. The molecule has 0 aromatic heterocycles. The number of benzene rings is 1. The molecule has 4 rings (SSSR count). The molecule has 3 heterocycles. The minimum absolute atomic E-state index is 0.180. The number of ether oxygens (including phenoxy) is 2. The lowest BCUT2D eigenvalue weighted by molar-refractivity contribution is -0.158. The number of nitrogens with one attached hydrogen (secondary N) is 1. The van der Waals surface area contributed by atoms with E-state index in [4.69, 9.17) is 9.47 Å². The molecule has 1 aromatic carbocycles. The fourth-order valence-electron chi connectivity index (χ4n) is 4.97. The maximum Gasteiger partial charge on any atom is 0.320 e. The average molecular weight is 458 g/mol. The van der Waals surface area contributed by atoms with Crippen LogP contribution >= 0.6 is 0 Å². The number of esters is 1. The zero-order chi connectivity index (χ0) is 23.6. The Labute approximate surface area is 195 Å². The Hall–Kier alpha value is -2.45. The third-order valence-corrected chi connectivity index (χ3v) is 6.69. The highest BCUT2D eigenvalue weighted by Gasteiger charge is 2.40. The van der Waals surface area contributed by atoms with E-state index in [-0.39, 0.29) is 29.3 Å². The molecule has 0 radical (unpaired) electrons. The Morgan fingerprint density at radius 2 is 1.85 bits per heavy atom. The van der Waals surface area contributed by atoms with Gasteiger partial charge in [0.25, 0.3) is 0 Å². The molecule has 1 aromatic rings. The van der Waals surface area contributed by atoms with Gasteiger partial charge in [0.1, 0.15) is 5.60 Å². The molecular formula is C25H35N3O5. The first kappa shape index (κ1) is 23.7. The van der Waals surface area contributed by atoms with Crippen molar-refractivity contribution in [2.45, 2.75) is 63.6 Å². The second kappa shape index (κ2) is 9.43. The number of rotatable bonds is 4. The van der Waals surface area contributed by atoms with Crippen molar-refractivity contribution in [1.82, 2.24) is 10.2 Å². The predicted molar refractivity (Wildman–Crippen MR) is 124 cm³/mol. The third kappa shape index (κ3) is 5.92. The fraction of sp³-hybridized carbons (Fsp3) is 0.640. The SMILES string of the molecule is CC(C)(C)OC(=O)CN1CCC2(CC1)CN(c1ccc([C@@H]3CCC(=O)NC3=O)cc1)CCO2. The Morgan fingerprint density at radius 1 is 1.15 bits per heavy atom. The van der Waals surface area contributed by atoms with E-state index < -0.39 is 5.60 Å². The van der Waals surface area contributed by atoms with Gasteiger partial charge in [0, 0.05) is 38.3 Å². The second-order valence-corrected chi connectivity index (χ2v) is 10.4. The number of hydrogen-bond acceptors (Lipinski definition) is 7. The molecule has 33 heavy (non-hydrogen) atoms. The number of nitrogens with zero attached hydrogens (tertiary/aromatic N) is 2. The van der Waals surface area contributed by atoms with Crippen LogP contribution in [0.15, 0.2) is 24.3 Å². The zero-order valence-corrected chi connectivity index (χ0v) is 19.9. The monoisotopic (exact) mass is 457 g/mol. The molecular weight excluding hydrogens is 422 g/mol. The van der Waals surface area contributed by atoms with Gasteiger partial charge in [0.15, 0.2) is 0 Å². The van der Waals surface area contributed by atoms with Gasteiger partial charge in [-0.3, -0.25) is 24.6 Å². The summed E-state index contributed by atoms with van der Waals surface area (Å²) in [5, 5.41) is 2.43. The Bertz CT molecular complexity index is 884. The lowest BCUT2D eigenvalue weighted by Gasteiger charge is -2.48. The molecule has 8 nitrogen and oxygen atoms in total. The Kier molecular flexibility index (Phi) is 6.77. The standard InChI is InChI=1S/C25H35N3O5/c1-24(2,3)33-22(30)16-27-12-10-25(11-13-27)17-28(14-15-32-25)19-6-4-18(5-7-19)20-8-9-21(29)26-23(20)31/h4-7,20H,8-17H2,1-3H3,(H,26,29,31)/t20-/m0/s1. The molecule has 180 valence electrons. The highest BCUT2D eigenvalue weighted by atomic mass is 16.6. The van der Waals surface area contributed by atoms with Crippen LogP contribution in [0.3, 0.4) is 0 Å². The van der Waals surface area contributed by atoms with E-state index in [9.17, 15) is 14.4 Å². The summed E-state index contributed by atoms with van der Waals surface area (Å²) in [5.74, 6) is -0.839. The molecule has 2 amide bonds. The van der Waals surface area contributed by atoms with Crippen molar-refractivity contribution < 1.29 is 23.9 Å². The van der Waals surface area contributed by atoms with E-state index in [0.29, 0.717) is 26.0 Å². The van der Waals surface area contributed by atoms with Crippen LogP contribution in [0.2, 0.25) is 0 Å². The summed E-state index contributed by atoms with van der Waals surface area (Å²) in [5.41, 5.74) is 1.40. The summed E-state index contributed by atoms with van der Waals surface area (Å²) in [6.07, 6.45) is 2.70. The van der Waals surface area contributed by atoms with Crippen LogP contribution in [0.1, 0.15) is 57.9 Å². The van der Waals surface area contributed by atoms with E-state index in [1.165, 1.54) is 0 Å². The van der Waals surface area contributed by atoms with Gasteiger partial charge in [-0.2, -0.15) is 0 Å². The van der Waals surface area contributed by atoms with E-state index in [1.54, 1.807) is 0 Å². The summed E-state index contributed by atoms with van der Waals surface area (Å²) in [7, 11) is 0. The van der Waals surface area contributed by atoms with Crippen LogP contribution < -0.4 is 10.2 Å². The van der Waals surface area contributed by atoms with Gasteiger partial charge in [0.05, 0.1) is 24.7 Å². The van der Waals surface area contributed by atoms with Crippen molar-refractivity contribution in [2.75, 3.05) is 44.2 Å². The van der Waals surface area contributed by atoms with E-state index in [1.807, 2.05) is 32.9 Å². The smallest absolute Gasteiger partial charge is 0.320 e. The normalized spacial score (nSPS) is 24.0. The van der Waals surface area contributed by atoms with Crippen molar-refractivity contribution >= 4 is 23.5 Å². The molecule has 3 fully saturated rings. The highest BCUT2D eigenvalue weighted by molar-refractivity contribution is 6.00. The zero-order valence-electron chi connectivity index (χ0n) is 19.9. The first-order chi connectivity index (χ1) is 15.6. The fourth-order valence-corrected chi connectivity index (χ4v) is 4.97. The molecule has 3 aliphatic rings. The first-order valence-corrected chi connectivity index (χ1v) is 11.9. The summed E-state index contributed by atoms with van der Waals surface area (Å²) in [6, 6.07) is 8.13. The van der Waals surface area contributed by atoms with Crippen molar-refractivity contribution in [3.63, 3.8) is 0 Å². The van der Waals surface area contributed by atoms with Gasteiger partial charge in [-0.15, -0.1) is 0 Å². The number of hydrogen-bond donors (Lipinski definition) is 1. The van der Waals surface area contributed by atoms with Gasteiger partial charge in [0.2, 0.25) is 11.8 Å². The number of likely N-dealkylation sites (tertiary alicyclic amines) is 1. The lowest BCUT2D eigenvalue weighted by atomic mass is 9.88. The summed E-state index contributed by atoms with van der Waals surface area (Å²) in [6.45, 7) is 9.89. The molecule has 3 saturated heterocycles. The number of carbonyl (C=O) groups excluding carboxylic acids is 3. The topological polar surface area (TPSA) is 88.2 Å². The summed E-state index contributed by atoms with van der Waals surface area (Å²) < 4.78 is 11.7. The van der Waals surface area contributed by atoms with Crippen molar-refractivity contribution in [2.24, 2.45) is 0 Å². The van der Waals surface area contributed by atoms with E-state index in [2.05, 4.69) is 27.2 Å². The quantitative estimate of drug-likeness (QED) is 0.548. The molecule has 1 N–H and O–H groups in total. The largest absolute Gasteiger partial charge is 0.459 e. The highest BCUT2D eigenvalue weighted by Crippen LogP contribution is 2.33. The van der Waals surface area contributed by atoms with Crippen molar-refractivity contribution in [3.8, 4) is 0 Å². The van der Waals surface area contributed by atoms with Crippen LogP contribution in [0.5, 0.6) is 0 Å². The maximum absolute atomic E-state index is 12.2. The van der Waals surface area contributed by atoms with Gasteiger partial charge in [-0.05, 0) is 57.7 Å². The number of morpholine rings is 1. The third-order valence-electron chi connectivity index (χ3n) is 6.69.